The van der Waals surface area contributed by atoms with Crippen LogP contribution in [0.25, 0.3) is 0 Å². The molecule has 3 N–H and O–H groups in total. The molecule has 0 aliphatic rings. The zero-order valence-electron chi connectivity index (χ0n) is 9.76. The molecule has 84 valence electrons. The van der Waals surface area contributed by atoms with Gasteiger partial charge >= 0.3 is 0 Å². The summed E-state index contributed by atoms with van der Waals surface area (Å²) in [5.74, 6) is 0.0882. The second-order valence-electron chi connectivity index (χ2n) is 4.22. The SMILES string of the molecule is COC(C)C(C)(NCC(C)C)C(N)=O. The lowest BCUT2D eigenvalue weighted by Crippen LogP contribution is -2.61. The van der Waals surface area contributed by atoms with Crippen molar-refractivity contribution in [1.82, 2.24) is 5.32 Å². The lowest BCUT2D eigenvalue weighted by molar-refractivity contribution is -0.129. The summed E-state index contributed by atoms with van der Waals surface area (Å²) in [7, 11) is 1.57. The van der Waals surface area contributed by atoms with Gasteiger partial charge in [-0.15, -0.1) is 0 Å². The molecular formula is C10H22N2O2. The zero-order chi connectivity index (χ0) is 11.4. The highest BCUT2D eigenvalue weighted by molar-refractivity contribution is 5.84. The van der Waals surface area contributed by atoms with E-state index in [0.29, 0.717) is 5.92 Å². The molecule has 0 heterocycles. The topological polar surface area (TPSA) is 64.3 Å². The second-order valence-corrected chi connectivity index (χ2v) is 4.22. The van der Waals surface area contributed by atoms with Crippen molar-refractivity contribution in [3.05, 3.63) is 0 Å². The predicted octanol–water partition coefficient (Wildman–Crippen LogP) is 0.511. The monoisotopic (exact) mass is 202 g/mol. The summed E-state index contributed by atoms with van der Waals surface area (Å²) < 4.78 is 5.15. The third-order valence-corrected chi connectivity index (χ3v) is 2.56. The van der Waals surface area contributed by atoms with Gasteiger partial charge in [0.15, 0.2) is 0 Å². The molecule has 0 saturated heterocycles. The number of hydrogen-bond donors (Lipinski definition) is 2. The molecule has 0 bridgehead atoms. The van der Waals surface area contributed by atoms with Crippen molar-refractivity contribution >= 4 is 5.91 Å². The minimum absolute atomic E-state index is 0.237. The highest BCUT2D eigenvalue weighted by atomic mass is 16.5. The van der Waals surface area contributed by atoms with E-state index in [0.717, 1.165) is 6.54 Å². The molecule has 0 aliphatic carbocycles. The fourth-order valence-electron chi connectivity index (χ4n) is 1.08. The van der Waals surface area contributed by atoms with Crippen molar-refractivity contribution < 1.29 is 9.53 Å². The Morgan fingerprint density at radius 3 is 2.29 bits per heavy atom. The van der Waals surface area contributed by atoms with Crippen LogP contribution in [0, 0.1) is 5.92 Å². The van der Waals surface area contributed by atoms with Crippen molar-refractivity contribution in [2.24, 2.45) is 11.7 Å². The molecule has 0 radical (unpaired) electrons. The number of primary amides is 1. The molecule has 1 amide bonds. The van der Waals surface area contributed by atoms with E-state index >= 15 is 0 Å². The first-order chi connectivity index (χ1) is 6.34. The molecule has 0 rings (SSSR count). The Bertz CT molecular complexity index is 195. The van der Waals surface area contributed by atoms with Crippen LogP contribution in [0.3, 0.4) is 0 Å². The number of hydrogen-bond acceptors (Lipinski definition) is 3. The summed E-state index contributed by atoms with van der Waals surface area (Å²) in [5.41, 5.74) is 4.56. The third kappa shape index (κ3) is 3.27. The van der Waals surface area contributed by atoms with Gasteiger partial charge in [0.25, 0.3) is 0 Å². The molecule has 2 unspecified atom stereocenters. The molecule has 0 aliphatic heterocycles. The van der Waals surface area contributed by atoms with Crippen LogP contribution in [0.4, 0.5) is 0 Å². The van der Waals surface area contributed by atoms with Crippen LogP contribution in [0.15, 0.2) is 0 Å². The largest absolute Gasteiger partial charge is 0.379 e. The molecule has 0 aromatic heterocycles. The molecule has 2 atom stereocenters. The minimum Gasteiger partial charge on any atom is -0.379 e. The smallest absolute Gasteiger partial charge is 0.240 e. The third-order valence-electron chi connectivity index (χ3n) is 2.56. The zero-order valence-corrected chi connectivity index (χ0v) is 9.76. The van der Waals surface area contributed by atoms with Gasteiger partial charge in [-0.05, 0) is 26.3 Å². The Kier molecular flexibility index (Phi) is 5.08. The molecule has 14 heavy (non-hydrogen) atoms. The van der Waals surface area contributed by atoms with Gasteiger partial charge in [-0.25, -0.2) is 0 Å². The number of nitrogens with one attached hydrogen (secondary N) is 1. The van der Waals surface area contributed by atoms with E-state index in [2.05, 4.69) is 19.2 Å². The van der Waals surface area contributed by atoms with E-state index in [-0.39, 0.29) is 12.0 Å². The van der Waals surface area contributed by atoms with Crippen molar-refractivity contribution in [1.29, 1.82) is 0 Å². The molecule has 4 nitrogen and oxygen atoms in total. The lowest BCUT2D eigenvalue weighted by atomic mass is 9.94. The van der Waals surface area contributed by atoms with Crippen LogP contribution in [0.1, 0.15) is 27.7 Å². The number of ether oxygens (including phenoxy) is 1. The highest BCUT2D eigenvalue weighted by Crippen LogP contribution is 2.12. The molecule has 0 spiro atoms. The lowest BCUT2D eigenvalue weighted by Gasteiger charge is -2.33. The van der Waals surface area contributed by atoms with E-state index in [4.69, 9.17) is 10.5 Å². The Hall–Kier alpha value is -0.610. The second kappa shape index (κ2) is 5.32. The summed E-state index contributed by atoms with van der Waals surface area (Å²) >= 11 is 0. The maximum Gasteiger partial charge on any atom is 0.240 e. The van der Waals surface area contributed by atoms with Gasteiger partial charge in [-0.3, -0.25) is 4.79 Å². The van der Waals surface area contributed by atoms with Gasteiger partial charge in [0.1, 0.15) is 5.54 Å². The van der Waals surface area contributed by atoms with Gasteiger partial charge in [0.2, 0.25) is 5.91 Å². The molecule has 0 aromatic rings. The van der Waals surface area contributed by atoms with Crippen LogP contribution >= 0.6 is 0 Å². The number of methoxy groups -OCH3 is 1. The van der Waals surface area contributed by atoms with Gasteiger partial charge in [-0.2, -0.15) is 0 Å². The molecule has 0 fully saturated rings. The highest BCUT2D eigenvalue weighted by Gasteiger charge is 2.37. The first-order valence-corrected chi connectivity index (χ1v) is 4.92. The fraction of sp³-hybridized carbons (Fsp3) is 0.900. The van der Waals surface area contributed by atoms with Crippen LogP contribution in [-0.4, -0.2) is 31.2 Å². The van der Waals surface area contributed by atoms with Gasteiger partial charge in [-0.1, -0.05) is 13.8 Å². The average molecular weight is 202 g/mol. The van der Waals surface area contributed by atoms with Crippen molar-refractivity contribution in [3.63, 3.8) is 0 Å². The predicted molar refractivity (Wildman–Crippen MR) is 56.9 cm³/mol. The van der Waals surface area contributed by atoms with Gasteiger partial charge in [0.05, 0.1) is 6.10 Å². The molecule has 0 aromatic carbocycles. The Morgan fingerprint density at radius 2 is 2.00 bits per heavy atom. The number of carbonyl (C=O) groups excluding carboxylic acids is 1. The number of rotatable bonds is 6. The first kappa shape index (κ1) is 13.4. The summed E-state index contributed by atoms with van der Waals surface area (Å²) in [6.45, 7) is 8.49. The number of amides is 1. The summed E-state index contributed by atoms with van der Waals surface area (Å²) in [6, 6.07) is 0. The Balaban J connectivity index is 4.48. The molecule has 4 heteroatoms. The van der Waals surface area contributed by atoms with Crippen LogP contribution in [-0.2, 0) is 9.53 Å². The van der Waals surface area contributed by atoms with Gasteiger partial charge < -0.3 is 15.8 Å². The summed E-state index contributed by atoms with van der Waals surface area (Å²) in [5, 5.41) is 3.15. The minimum atomic E-state index is -0.793. The van der Waals surface area contributed by atoms with Crippen LogP contribution in [0.5, 0.6) is 0 Å². The quantitative estimate of drug-likeness (QED) is 0.659. The Morgan fingerprint density at radius 1 is 1.50 bits per heavy atom. The average Bonchev–Trinajstić information content (AvgIpc) is 2.12. The van der Waals surface area contributed by atoms with E-state index in [1.165, 1.54) is 0 Å². The molecular weight excluding hydrogens is 180 g/mol. The maximum absolute atomic E-state index is 11.3. The van der Waals surface area contributed by atoms with Gasteiger partial charge in [0, 0.05) is 7.11 Å². The van der Waals surface area contributed by atoms with Crippen LogP contribution in [0.2, 0.25) is 0 Å². The van der Waals surface area contributed by atoms with Crippen molar-refractivity contribution in [2.45, 2.75) is 39.3 Å². The number of nitrogens with two attached hydrogens (primary N) is 1. The van der Waals surface area contributed by atoms with E-state index < -0.39 is 5.54 Å². The van der Waals surface area contributed by atoms with Crippen molar-refractivity contribution in [2.75, 3.05) is 13.7 Å². The number of carbonyl (C=O) groups is 1. The van der Waals surface area contributed by atoms with E-state index in [9.17, 15) is 4.79 Å². The fourth-order valence-corrected chi connectivity index (χ4v) is 1.08. The first-order valence-electron chi connectivity index (χ1n) is 4.92. The molecule has 0 saturated carbocycles. The Labute approximate surface area is 86.2 Å². The summed E-state index contributed by atoms with van der Waals surface area (Å²) in [6.07, 6.45) is -0.237. The van der Waals surface area contributed by atoms with Crippen molar-refractivity contribution in [3.8, 4) is 0 Å². The van der Waals surface area contributed by atoms with Crippen LogP contribution < -0.4 is 11.1 Å². The maximum atomic E-state index is 11.3. The standard InChI is InChI=1S/C10H22N2O2/c1-7(2)6-12-10(4,9(11)13)8(3)14-5/h7-8,12H,6H2,1-5H3,(H2,11,13). The van der Waals surface area contributed by atoms with E-state index in [1.807, 2.05) is 6.92 Å². The van der Waals surface area contributed by atoms with E-state index in [1.54, 1.807) is 14.0 Å². The normalized spacial score (nSPS) is 17.9. The summed E-state index contributed by atoms with van der Waals surface area (Å²) in [4.78, 5) is 11.3.